The highest BCUT2D eigenvalue weighted by Gasteiger charge is 2.05. The fraction of sp³-hybridized carbons (Fsp3) is 0.200. The highest BCUT2D eigenvalue weighted by atomic mass is 35.5. The average Bonchev–Trinajstić information content (AvgIpc) is 2.97. The Morgan fingerprint density at radius 3 is 2.77 bits per heavy atom. The van der Waals surface area contributed by atoms with Crippen molar-refractivity contribution in [2.75, 3.05) is 19.0 Å². The van der Waals surface area contributed by atoms with E-state index in [2.05, 4.69) is 15.8 Å². The first-order valence-electron chi connectivity index (χ1n) is 6.56. The smallest absolute Gasteiger partial charge is 0.259 e. The number of ether oxygens (including phenoxy) is 1. The van der Waals surface area contributed by atoms with Crippen LogP contribution >= 0.6 is 22.9 Å². The molecular formula is C15H16ClN3O2S. The van der Waals surface area contributed by atoms with Gasteiger partial charge in [0.2, 0.25) is 0 Å². The minimum atomic E-state index is -0.243. The fourth-order valence-electron chi connectivity index (χ4n) is 1.72. The molecule has 1 aromatic carbocycles. The van der Waals surface area contributed by atoms with Crippen molar-refractivity contribution in [1.82, 2.24) is 5.43 Å². The van der Waals surface area contributed by atoms with Gasteiger partial charge in [-0.25, -0.2) is 5.43 Å². The number of para-hydroxylation sites is 2. The maximum Gasteiger partial charge on any atom is 0.259 e. The van der Waals surface area contributed by atoms with Crippen molar-refractivity contribution in [3.63, 3.8) is 0 Å². The van der Waals surface area contributed by atoms with Crippen LogP contribution < -0.4 is 15.5 Å². The Hall–Kier alpha value is -2.05. The Labute approximate surface area is 137 Å². The summed E-state index contributed by atoms with van der Waals surface area (Å²) in [6.07, 6.45) is 0. The fourth-order valence-corrected chi connectivity index (χ4v) is 2.70. The maximum absolute atomic E-state index is 11.8. The molecule has 7 heteroatoms. The topological polar surface area (TPSA) is 62.7 Å². The number of halogens is 1. The summed E-state index contributed by atoms with van der Waals surface area (Å²) in [5.41, 5.74) is 3.97. The molecule has 0 unspecified atom stereocenters. The van der Waals surface area contributed by atoms with Crippen LogP contribution in [0.2, 0.25) is 4.34 Å². The van der Waals surface area contributed by atoms with Gasteiger partial charge in [-0.15, -0.1) is 11.3 Å². The van der Waals surface area contributed by atoms with Crippen molar-refractivity contribution in [3.8, 4) is 5.75 Å². The van der Waals surface area contributed by atoms with Gasteiger partial charge in [0.25, 0.3) is 5.91 Å². The standard InChI is InChI=1S/C15H16ClN3O2S/c1-10(13-7-8-14(16)22-13)18-19-15(20)9-17-11-5-3-4-6-12(11)21-2/h3-8,17H,9H2,1-2H3,(H,19,20)/b18-10-. The summed E-state index contributed by atoms with van der Waals surface area (Å²) in [5.74, 6) is 0.441. The second-order valence-electron chi connectivity index (χ2n) is 4.39. The van der Waals surface area contributed by atoms with Crippen LogP contribution in [0.25, 0.3) is 0 Å². The lowest BCUT2D eigenvalue weighted by Gasteiger charge is -2.09. The molecule has 116 valence electrons. The number of rotatable bonds is 6. The Balaban J connectivity index is 1.88. The van der Waals surface area contributed by atoms with Gasteiger partial charge < -0.3 is 10.1 Å². The van der Waals surface area contributed by atoms with Gasteiger partial charge in [-0.1, -0.05) is 23.7 Å². The number of methoxy groups -OCH3 is 1. The van der Waals surface area contributed by atoms with E-state index in [1.165, 1.54) is 11.3 Å². The molecule has 0 atom stereocenters. The number of carbonyl (C=O) groups excluding carboxylic acids is 1. The average molecular weight is 338 g/mol. The highest BCUT2D eigenvalue weighted by molar-refractivity contribution is 7.18. The molecule has 1 heterocycles. The van der Waals surface area contributed by atoms with E-state index < -0.39 is 0 Å². The van der Waals surface area contributed by atoms with E-state index in [1.807, 2.05) is 37.3 Å². The number of benzene rings is 1. The van der Waals surface area contributed by atoms with Gasteiger partial charge in [0.15, 0.2) is 0 Å². The first kappa shape index (κ1) is 16.3. The van der Waals surface area contributed by atoms with Crippen LogP contribution in [-0.4, -0.2) is 25.3 Å². The quantitative estimate of drug-likeness (QED) is 0.627. The second-order valence-corrected chi connectivity index (χ2v) is 6.10. The van der Waals surface area contributed by atoms with Crippen molar-refractivity contribution in [2.45, 2.75) is 6.92 Å². The minimum absolute atomic E-state index is 0.0996. The number of hydrogen-bond acceptors (Lipinski definition) is 5. The van der Waals surface area contributed by atoms with Gasteiger partial charge in [0.1, 0.15) is 5.75 Å². The Morgan fingerprint density at radius 1 is 1.32 bits per heavy atom. The van der Waals surface area contributed by atoms with E-state index in [9.17, 15) is 4.79 Å². The molecular weight excluding hydrogens is 322 g/mol. The third kappa shape index (κ3) is 4.47. The number of hydrazone groups is 1. The molecule has 0 bridgehead atoms. The maximum atomic E-state index is 11.8. The van der Waals surface area contributed by atoms with E-state index >= 15 is 0 Å². The van der Waals surface area contributed by atoms with E-state index in [-0.39, 0.29) is 12.5 Å². The first-order valence-corrected chi connectivity index (χ1v) is 7.75. The van der Waals surface area contributed by atoms with Crippen LogP contribution in [0.1, 0.15) is 11.8 Å². The van der Waals surface area contributed by atoms with Crippen LogP contribution in [0.3, 0.4) is 0 Å². The number of anilines is 1. The molecule has 0 saturated carbocycles. The van der Waals surface area contributed by atoms with E-state index in [4.69, 9.17) is 16.3 Å². The number of hydrogen-bond donors (Lipinski definition) is 2. The summed E-state index contributed by atoms with van der Waals surface area (Å²) in [5, 5.41) is 7.07. The van der Waals surface area contributed by atoms with Gasteiger partial charge in [-0.3, -0.25) is 4.79 Å². The summed E-state index contributed by atoms with van der Waals surface area (Å²) in [4.78, 5) is 12.7. The summed E-state index contributed by atoms with van der Waals surface area (Å²) >= 11 is 7.28. The number of amides is 1. The zero-order valence-electron chi connectivity index (χ0n) is 12.2. The minimum Gasteiger partial charge on any atom is -0.495 e. The van der Waals surface area contributed by atoms with Gasteiger partial charge in [0.05, 0.1) is 34.3 Å². The summed E-state index contributed by atoms with van der Waals surface area (Å²) in [7, 11) is 1.58. The molecule has 0 saturated heterocycles. The van der Waals surface area contributed by atoms with Crippen LogP contribution in [-0.2, 0) is 4.79 Å². The molecule has 0 radical (unpaired) electrons. The zero-order chi connectivity index (χ0) is 15.9. The van der Waals surface area contributed by atoms with Crippen molar-refractivity contribution in [3.05, 3.63) is 45.6 Å². The Morgan fingerprint density at radius 2 is 2.09 bits per heavy atom. The number of nitrogens with one attached hydrogen (secondary N) is 2. The largest absolute Gasteiger partial charge is 0.495 e. The van der Waals surface area contributed by atoms with Crippen LogP contribution in [0, 0.1) is 0 Å². The predicted molar refractivity (Wildman–Crippen MR) is 91.2 cm³/mol. The summed E-state index contributed by atoms with van der Waals surface area (Å²) < 4.78 is 5.89. The predicted octanol–water partition coefficient (Wildman–Crippen LogP) is 3.36. The van der Waals surface area contributed by atoms with E-state index in [1.54, 1.807) is 13.2 Å². The molecule has 0 fully saturated rings. The zero-order valence-corrected chi connectivity index (χ0v) is 13.8. The lowest BCUT2D eigenvalue weighted by atomic mass is 10.3. The lowest BCUT2D eigenvalue weighted by Crippen LogP contribution is -2.26. The Bertz CT molecular complexity index is 685. The van der Waals surface area contributed by atoms with Crippen molar-refractivity contribution in [2.24, 2.45) is 5.10 Å². The third-order valence-electron chi connectivity index (χ3n) is 2.82. The molecule has 0 spiro atoms. The summed E-state index contributed by atoms with van der Waals surface area (Å²) in [6, 6.07) is 11.1. The molecule has 0 aliphatic heterocycles. The molecule has 2 aromatic rings. The molecule has 1 aromatic heterocycles. The van der Waals surface area contributed by atoms with Crippen LogP contribution in [0.5, 0.6) is 5.75 Å². The van der Waals surface area contributed by atoms with E-state index in [0.29, 0.717) is 15.8 Å². The second kappa shape index (κ2) is 7.82. The van der Waals surface area contributed by atoms with Gasteiger partial charge in [-0.05, 0) is 31.2 Å². The van der Waals surface area contributed by atoms with Gasteiger partial charge in [0, 0.05) is 0 Å². The van der Waals surface area contributed by atoms with Crippen molar-refractivity contribution < 1.29 is 9.53 Å². The molecule has 2 N–H and O–H groups in total. The SMILES string of the molecule is COc1ccccc1NCC(=O)N/N=C(/C)c1ccc(Cl)s1. The molecule has 2 rings (SSSR count). The van der Waals surface area contributed by atoms with Crippen LogP contribution in [0.15, 0.2) is 41.5 Å². The monoisotopic (exact) mass is 337 g/mol. The number of thiophene rings is 1. The normalized spacial score (nSPS) is 11.1. The van der Waals surface area contributed by atoms with Gasteiger partial charge >= 0.3 is 0 Å². The van der Waals surface area contributed by atoms with Gasteiger partial charge in [-0.2, -0.15) is 5.10 Å². The van der Waals surface area contributed by atoms with Crippen LogP contribution in [0.4, 0.5) is 5.69 Å². The third-order valence-corrected chi connectivity index (χ3v) is 4.16. The highest BCUT2D eigenvalue weighted by Crippen LogP contribution is 2.23. The number of nitrogens with zero attached hydrogens (tertiary/aromatic N) is 1. The molecule has 22 heavy (non-hydrogen) atoms. The number of carbonyl (C=O) groups is 1. The summed E-state index contributed by atoms with van der Waals surface area (Å²) in [6.45, 7) is 1.92. The Kier molecular flexibility index (Phi) is 5.80. The van der Waals surface area contributed by atoms with Crippen molar-refractivity contribution in [1.29, 1.82) is 0 Å². The molecule has 0 aliphatic rings. The molecule has 1 amide bonds. The molecule has 0 aliphatic carbocycles. The van der Waals surface area contributed by atoms with Crippen molar-refractivity contribution >= 4 is 40.2 Å². The first-order chi connectivity index (χ1) is 10.6. The lowest BCUT2D eigenvalue weighted by molar-refractivity contribution is -0.119. The molecule has 5 nitrogen and oxygen atoms in total. The van der Waals surface area contributed by atoms with E-state index in [0.717, 1.165) is 10.6 Å².